The number of ether oxygens (including phenoxy) is 1. The molecule has 2 aromatic carbocycles. The van der Waals surface area contributed by atoms with Crippen LogP contribution in [0.3, 0.4) is 0 Å². The van der Waals surface area contributed by atoms with Gasteiger partial charge in [0.15, 0.2) is 0 Å². The molecule has 0 spiro atoms. The summed E-state index contributed by atoms with van der Waals surface area (Å²) in [6, 6.07) is 12.2. The standard InChI is InChI=1S/C13H6BrCl2NO/c14-10-6-8(15)4-5-13(10)18-12-3-1-2-11(16)9(12)7-17/h1-6H. The molecule has 0 saturated heterocycles. The largest absolute Gasteiger partial charge is 0.455 e. The molecule has 0 bridgehead atoms. The van der Waals surface area contributed by atoms with Crippen LogP contribution in [0.15, 0.2) is 40.9 Å². The Bertz CT molecular complexity index is 637. The van der Waals surface area contributed by atoms with E-state index in [9.17, 15) is 0 Å². The van der Waals surface area contributed by atoms with Crippen LogP contribution in [0.4, 0.5) is 0 Å². The number of hydrogen-bond acceptors (Lipinski definition) is 2. The van der Waals surface area contributed by atoms with Crippen molar-refractivity contribution in [3.8, 4) is 17.6 Å². The third kappa shape index (κ3) is 2.78. The second-order valence-corrected chi connectivity index (χ2v) is 5.10. The minimum absolute atomic E-state index is 0.306. The van der Waals surface area contributed by atoms with Crippen molar-refractivity contribution in [3.63, 3.8) is 0 Å². The molecule has 0 saturated carbocycles. The normalized spacial score (nSPS) is 9.89. The Morgan fingerprint density at radius 2 is 1.89 bits per heavy atom. The number of rotatable bonds is 2. The van der Waals surface area contributed by atoms with Crippen LogP contribution < -0.4 is 4.74 Å². The lowest BCUT2D eigenvalue weighted by molar-refractivity contribution is 0.478. The molecule has 0 heterocycles. The van der Waals surface area contributed by atoms with E-state index in [1.165, 1.54) is 0 Å². The molecule has 0 unspecified atom stereocenters. The number of hydrogen-bond donors (Lipinski definition) is 0. The second kappa shape index (κ2) is 5.62. The average Bonchev–Trinajstić information content (AvgIpc) is 2.33. The van der Waals surface area contributed by atoms with E-state index >= 15 is 0 Å². The summed E-state index contributed by atoms with van der Waals surface area (Å²) in [6.45, 7) is 0. The van der Waals surface area contributed by atoms with E-state index in [2.05, 4.69) is 15.9 Å². The summed E-state index contributed by atoms with van der Waals surface area (Å²) in [4.78, 5) is 0. The molecule has 2 aromatic rings. The summed E-state index contributed by atoms with van der Waals surface area (Å²) in [5.74, 6) is 0.978. The molecule has 0 aromatic heterocycles. The molecule has 0 fully saturated rings. The molecular formula is C13H6BrCl2NO. The minimum Gasteiger partial charge on any atom is -0.455 e. The third-order valence-corrected chi connectivity index (χ3v) is 3.37. The Hall–Kier alpha value is -1.21. The zero-order chi connectivity index (χ0) is 13.1. The number of halogens is 3. The second-order valence-electron chi connectivity index (χ2n) is 3.40. The highest BCUT2D eigenvalue weighted by molar-refractivity contribution is 9.10. The van der Waals surface area contributed by atoms with Gasteiger partial charge in [0.25, 0.3) is 0 Å². The van der Waals surface area contributed by atoms with Gasteiger partial charge in [0.1, 0.15) is 23.1 Å². The van der Waals surface area contributed by atoms with Crippen molar-refractivity contribution in [1.29, 1.82) is 5.26 Å². The lowest BCUT2D eigenvalue weighted by atomic mass is 10.2. The molecule has 0 aliphatic rings. The van der Waals surface area contributed by atoms with Gasteiger partial charge in [-0.05, 0) is 46.3 Å². The van der Waals surface area contributed by atoms with Gasteiger partial charge in [-0.1, -0.05) is 29.3 Å². The van der Waals surface area contributed by atoms with Crippen molar-refractivity contribution in [3.05, 3.63) is 56.5 Å². The summed E-state index contributed by atoms with van der Waals surface area (Å²) in [5, 5.41) is 10.0. The zero-order valence-electron chi connectivity index (χ0n) is 8.95. The number of benzene rings is 2. The molecule has 90 valence electrons. The van der Waals surface area contributed by atoms with Crippen LogP contribution in [0.5, 0.6) is 11.5 Å². The monoisotopic (exact) mass is 341 g/mol. The van der Waals surface area contributed by atoms with E-state index in [0.717, 1.165) is 0 Å². The van der Waals surface area contributed by atoms with Crippen LogP contribution in [0.2, 0.25) is 10.0 Å². The Kier molecular flexibility index (Phi) is 4.13. The Morgan fingerprint density at radius 3 is 2.56 bits per heavy atom. The molecule has 5 heteroatoms. The Morgan fingerprint density at radius 1 is 1.11 bits per heavy atom. The van der Waals surface area contributed by atoms with Crippen LogP contribution in [-0.4, -0.2) is 0 Å². The van der Waals surface area contributed by atoms with Gasteiger partial charge in [-0.25, -0.2) is 0 Å². The lowest BCUT2D eigenvalue weighted by Crippen LogP contribution is -1.89. The van der Waals surface area contributed by atoms with Crippen molar-refractivity contribution in [2.24, 2.45) is 0 Å². The maximum atomic E-state index is 9.04. The summed E-state index contributed by atoms with van der Waals surface area (Å²) < 4.78 is 6.36. The highest BCUT2D eigenvalue weighted by atomic mass is 79.9. The molecular weight excluding hydrogens is 337 g/mol. The maximum Gasteiger partial charge on any atom is 0.146 e. The van der Waals surface area contributed by atoms with E-state index in [-0.39, 0.29) is 0 Å². The third-order valence-electron chi connectivity index (χ3n) is 2.20. The van der Waals surface area contributed by atoms with Gasteiger partial charge in [-0.2, -0.15) is 5.26 Å². The molecule has 0 N–H and O–H groups in total. The van der Waals surface area contributed by atoms with Gasteiger partial charge in [0, 0.05) is 5.02 Å². The van der Waals surface area contributed by atoms with Crippen LogP contribution >= 0.6 is 39.1 Å². The summed E-state index contributed by atoms with van der Waals surface area (Å²) in [6.07, 6.45) is 0. The van der Waals surface area contributed by atoms with Crippen molar-refractivity contribution in [1.82, 2.24) is 0 Å². The van der Waals surface area contributed by atoms with Crippen LogP contribution in [0.25, 0.3) is 0 Å². The molecule has 0 aliphatic carbocycles. The molecule has 2 nitrogen and oxygen atoms in total. The maximum absolute atomic E-state index is 9.04. The van der Waals surface area contributed by atoms with Crippen molar-refractivity contribution >= 4 is 39.1 Å². The molecule has 0 amide bonds. The minimum atomic E-state index is 0.306. The first-order valence-electron chi connectivity index (χ1n) is 4.93. The molecule has 0 aliphatic heterocycles. The number of nitrogens with zero attached hydrogens (tertiary/aromatic N) is 1. The molecule has 0 radical (unpaired) electrons. The summed E-state index contributed by atoms with van der Waals surface area (Å²) in [5.41, 5.74) is 0.306. The lowest BCUT2D eigenvalue weighted by Gasteiger charge is -2.09. The highest BCUT2D eigenvalue weighted by Crippen LogP contribution is 2.34. The fourth-order valence-electron chi connectivity index (χ4n) is 1.37. The van der Waals surface area contributed by atoms with Gasteiger partial charge >= 0.3 is 0 Å². The van der Waals surface area contributed by atoms with E-state index < -0.39 is 0 Å². The van der Waals surface area contributed by atoms with E-state index in [4.69, 9.17) is 33.2 Å². The predicted octanol–water partition coefficient (Wildman–Crippen LogP) is 5.42. The van der Waals surface area contributed by atoms with Crippen LogP contribution in [0, 0.1) is 11.3 Å². The Labute approximate surface area is 123 Å². The number of nitriles is 1. The Balaban J connectivity index is 2.41. The van der Waals surface area contributed by atoms with E-state index in [1.807, 2.05) is 6.07 Å². The summed E-state index contributed by atoms with van der Waals surface area (Å²) >= 11 is 15.1. The average molecular weight is 343 g/mol. The first-order chi connectivity index (χ1) is 8.61. The highest BCUT2D eigenvalue weighted by Gasteiger charge is 2.10. The molecule has 0 atom stereocenters. The first-order valence-corrected chi connectivity index (χ1v) is 6.48. The predicted molar refractivity (Wildman–Crippen MR) is 75.4 cm³/mol. The zero-order valence-corrected chi connectivity index (χ0v) is 12.1. The molecule has 2 rings (SSSR count). The van der Waals surface area contributed by atoms with Crippen molar-refractivity contribution < 1.29 is 4.74 Å². The van der Waals surface area contributed by atoms with Gasteiger partial charge in [0.05, 0.1) is 9.50 Å². The van der Waals surface area contributed by atoms with Crippen molar-refractivity contribution in [2.45, 2.75) is 0 Å². The van der Waals surface area contributed by atoms with Crippen LogP contribution in [-0.2, 0) is 0 Å². The van der Waals surface area contributed by atoms with E-state index in [0.29, 0.717) is 31.6 Å². The van der Waals surface area contributed by atoms with Gasteiger partial charge < -0.3 is 4.74 Å². The fraction of sp³-hybridized carbons (Fsp3) is 0. The van der Waals surface area contributed by atoms with E-state index in [1.54, 1.807) is 36.4 Å². The topological polar surface area (TPSA) is 33.0 Å². The van der Waals surface area contributed by atoms with Gasteiger partial charge in [-0.3, -0.25) is 0 Å². The van der Waals surface area contributed by atoms with Crippen LogP contribution in [0.1, 0.15) is 5.56 Å². The fourth-order valence-corrected chi connectivity index (χ4v) is 2.35. The summed E-state index contributed by atoms with van der Waals surface area (Å²) in [7, 11) is 0. The quantitative estimate of drug-likeness (QED) is 0.730. The SMILES string of the molecule is N#Cc1c(Cl)cccc1Oc1ccc(Cl)cc1Br. The first kappa shape index (κ1) is 13.2. The van der Waals surface area contributed by atoms with Gasteiger partial charge in [0.2, 0.25) is 0 Å². The smallest absolute Gasteiger partial charge is 0.146 e. The van der Waals surface area contributed by atoms with Crippen molar-refractivity contribution in [2.75, 3.05) is 0 Å². The molecule has 18 heavy (non-hydrogen) atoms. The van der Waals surface area contributed by atoms with Gasteiger partial charge in [-0.15, -0.1) is 0 Å².